The van der Waals surface area contributed by atoms with Crippen molar-refractivity contribution in [2.45, 2.75) is 28.3 Å². The minimum absolute atomic E-state index is 0.222. The number of sulfonamides is 2. The summed E-state index contributed by atoms with van der Waals surface area (Å²) < 4.78 is 164. The van der Waals surface area contributed by atoms with E-state index in [9.17, 15) is 56.3 Å². The fraction of sp³-hybridized carbons (Fsp3) is 0.200. The lowest BCUT2D eigenvalue weighted by Crippen LogP contribution is -2.31. The maximum atomic E-state index is 12.9. The summed E-state index contributed by atoms with van der Waals surface area (Å²) in [6.07, 6.45) is -15.7. The molecule has 2 rings (SSSR count). The zero-order valence-electron chi connectivity index (χ0n) is 14.4. The van der Waals surface area contributed by atoms with Gasteiger partial charge in [0, 0.05) is 0 Å². The molecule has 1 N–H and O–H groups in total. The molecule has 0 atom stereocenters. The maximum absolute atomic E-state index is 12.9. The Balaban J connectivity index is 2.52. The number of rotatable bonds is 4. The molecule has 16 heteroatoms. The summed E-state index contributed by atoms with van der Waals surface area (Å²) >= 11 is 0. The van der Waals surface area contributed by atoms with Crippen LogP contribution in [0.4, 0.5) is 39.5 Å². The normalized spacial score (nSPS) is 14.0. The molecule has 0 aliphatic heterocycles. The van der Waals surface area contributed by atoms with Gasteiger partial charge in [0.15, 0.2) is 0 Å². The van der Waals surface area contributed by atoms with Gasteiger partial charge in [-0.2, -0.15) is 39.5 Å². The summed E-state index contributed by atoms with van der Waals surface area (Å²) in [5.74, 6) is 0. The second kappa shape index (κ2) is 7.67. The van der Waals surface area contributed by atoms with E-state index in [1.54, 1.807) is 0 Å². The fourth-order valence-corrected chi connectivity index (χ4v) is 5.13. The van der Waals surface area contributed by atoms with Gasteiger partial charge in [0.25, 0.3) is 20.0 Å². The van der Waals surface area contributed by atoms with Gasteiger partial charge >= 0.3 is 18.5 Å². The van der Waals surface area contributed by atoms with Gasteiger partial charge in [-0.1, -0.05) is 0 Å². The van der Waals surface area contributed by atoms with Crippen LogP contribution in [-0.2, 0) is 38.6 Å². The smallest absolute Gasteiger partial charge is 0.206 e. The van der Waals surface area contributed by atoms with Crippen molar-refractivity contribution in [1.82, 2.24) is 4.13 Å². The number of nitrogens with one attached hydrogen (secondary N) is 1. The zero-order chi connectivity index (χ0) is 24.0. The molecule has 0 heterocycles. The Morgan fingerprint density at radius 1 is 0.516 bits per heavy atom. The molecule has 0 saturated carbocycles. The predicted octanol–water partition coefficient (Wildman–Crippen LogP) is 4.41. The molecule has 2 aromatic carbocycles. The zero-order valence-corrected chi connectivity index (χ0v) is 16.0. The van der Waals surface area contributed by atoms with Gasteiger partial charge in [-0.3, -0.25) is 0 Å². The van der Waals surface area contributed by atoms with Crippen LogP contribution in [-0.4, -0.2) is 16.8 Å². The summed E-state index contributed by atoms with van der Waals surface area (Å²) in [5, 5.41) is 0. The number of hydrogen-bond acceptors (Lipinski definition) is 4. The molecule has 172 valence electrons. The Kier molecular flexibility index (Phi) is 6.17. The molecule has 0 saturated heterocycles. The highest BCUT2D eigenvalue weighted by Gasteiger charge is 2.39. The first kappa shape index (κ1) is 24.9. The number of benzene rings is 2. The Morgan fingerprint density at radius 2 is 0.871 bits per heavy atom. The molecule has 0 fully saturated rings. The highest BCUT2D eigenvalue weighted by molar-refractivity contribution is 8.04. The lowest BCUT2D eigenvalue weighted by Gasteiger charge is -2.15. The third kappa shape index (κ3) is 5.88. The summed E-state index contributed by atoms with van der Waals surface area (Å²) in [7, 11) is -10.7. The number of hydrogen-bond donors (Lipinski definition) is 1. The van der Waals surface area contributed by atoms with Crippen LogP contribution < -0.4 is 4.13 Å². The first-order valence-electron chi connectivity index (χ1n) is 7.49. The molecule has 0 amide bonds. The lowest BCUT2D eigenvalue weighted by molar-refractivity contribution is -0.143. The van der Waals surface area contributed by atoms with Crippen LogP contribution in [0.3, 0.4) is 0 Å². The van der Waals surface area contributed by atoms with Crippen LogP contribution in [0.5, 0.6) is 0 Å². The molecular weight excluding hydrogens is 493 g/mol. The Morgan fingerprint density at radius 3 is 1.23 bits per heavy atom. The van der Waals surface area contributed by atoms with Crippen LogP contribution in [0.1, 0.15) is 16.7 Å². The Hall–Kier alpha value is -2.33. The van der Waals surface area contributed by atoms with E-state index in [0.717, 1.165) is 4.13 Å². The van der Waals surface area contributed by atoms with Crippen LogP contribution in [0.15, 0.2) is 52.3 Å². The van der Waals surface area contributed by atoms with Crippen LogP contribution in [0.25, 0.3) is 0 Å². The monoisotopic (exact) mass is 501 g/mol. The van der Waals surface area contributed by atoms with Gasteiger partial charge in [0.1, 0.15) is 0 Å². The van der Waals surface area contributed by atoms with Crippen molar-refractivity contribution in [3.05, 3.63) is 59.2 Å². The van der Waals surface area contributed by atoms with Crippen molar-refractivity contribution < 1.29 is 56.3 Å². The molecule has 0 unspecified atom stereocenters. The van der Waals surface area contributed by atoms with Crippen molar-refractivity contribution in [3.63, 3.8) is 0 Å². The second-order valence-corrected chi connectivity index (χ2v) is 9.48. The van der Waals surface area contributed by atoms with E-state index < -0.39 is 65.1 Å². The summed E-state index contributed by atoms with van der Waals surface area (Å²) in [6, 6.07) is 0.464. The Bertz CT molecular complexity index is 1150. The van der Waals surface area contributed by atoms with Crippen molar-refractivity contribution in [3.8, 4) is 0 Å². The third-order valence-electron chi connectivity index (χ3n) is 3.58. The molecule has 0 spiro atoms. The molecule has 0 aliphatic rings. The standard InChI is InChI=1S/C15H8F9NO4S2/c16-13(17,18)8-1-3-11(4-2-8)30(26,27)25-31(28,29)12-6-9(14(19,20)21)5-10(7-12)15(22,23)24/h1-7,25H. The molecule has 31 heavy (non-hydrogen) atoms. The summed E-state index contributed by atoms with van der Waals surface area (Å²) in [6.45, 7) is 0. The third-order valence-corrected chi connectivity index (χ3v) is 7.09. The van der Waals surface area contributed by atoms with Gasteiger partial charge in [-0.15, -0.1) is 4.13 Å². The summed E-state index contributed by atoms with van der Waals surface area (Å²) in [5.41, 5.74) is -5.33. The van der Waals surface area contributed by atoms with Gasteiger partial charge in [0.05, 0.1) is 26.5 Å². The minimum atomic E-state index is -5.53. The van der Waals surface area contributed by atoms with E-state index in [4.69, 9.17) is 0 Å². The number of halogens is 9. The molecule has 5 nitrogen and oxygen atoms in total. The van der Waals surface area contributed by atoms with Gasteiger partial charge < -0.3 is 0 Å². The van der Waals surface area contributed by atoms with Gasteiger partial charge in [-0.25, -0.2) is 16.8 Å². The highest BCUT2D eigenvalue weighted by atomic mass is 32.3. The van der Waals surface area contributed by atoms with Crippen molar-refractivity contribution in [1.29, 1.82) is 0 Å². The number of alkyl halides is 9. The van der Waals surface area contributed by atoms with Crippen molar-refractivity contribution in [2.24, 2.45) is 0 Å². The van der Waals surface area contributed by atoms with Gasteiger partial charge in [-0.05, 0) is 42.5 Å². The lowest BCUT2D eigenvalue weighted by atomic mass is 10.1. The first-order valence-corrected chi connectivity index (χ1v) is 10.5. The first-order chi connectivity index (χ1) is 13.7. The van der Waals surface area contributed by atoms with Crippen molar-refractivity contribution >= 4 is 20.0 Å². The molecule has 2 aromatic rings. The largest absolute Gasteiger partial charge is 0.416 e. The minimum Gasteiger partial charge on any atom is -0.206 e. The average molecular weight is 501 g/mol. The van der Waals surface area contributed by atoms with E-state index in [0.29, 0.717) is 12.1 Å². The van der Waals surface area contributed by atoms with E-state index in [-0.39, 0.29) is 30.3 Å². The van der Waals surface area contributed by atoms with E-state index >= 15 is 0 Å². The molecular formula is C15H8F9NO4S2. The summed E-state index contributed by atoms with van der Waals surface area (Å²) in [4.78, 5) is -2.71. The highest BCUT2D eigenvalue weighted by Crippen LogP contribution is 2.37. The van der Waals surface area contributed by atoms with Gasteiger partial charge in [0.2, 0.25) is 0 Å². The second-order valence-electron chi connectivity index (χ2n) is 5.85. The average Bonchev–Trinajstić information content (AvgIpc) is 2.58. The van der Waals surface area contributed by atoms with Crippen LogP contribution in [0.2, 0.25) is 0 Å². The van der Waals surface area contributed by atoms with E-state index in [2.05, 4.69) is 0 Å². The quantitative estimate of drug-likeness (QED) is 0.630. The van der Waals surface area contributed by atoms with Crippen LogP contribution in [0, 0.1) is 0 Å². The van der Waals surface area contributed by atoms with Crippen molar-refractivity contribution in [2.75, 3.05) is 0 Å². The van der Waals surface area contributed by atoms with E-state index in [1.807, 2.05) is 0 Å². The molecule has 0 aromatic heterocycles. The SMILES string of the molecule is O=S(=O)(NS(=O)(=O)c1cc(C(F)(F)F)cc(C(F)(F)F)c1)c1ccc(C(F)(F)F)cc1. The topological polar surface area (TPSA) is 80.3 Å². The van der Waals surface area contributed by atoms with Crippen LogP contribution >= 0.6 is 0 Å². The predicted molar refractivity (Wildman–Crippen MR) is 85.4 cm³/mol. The molecule has 0 aliphatic carbocycles. The molecule has 0 bridgehead atoms. The fourth-order valence-electron chi connectivity index (χ4n) is 2.15. The maximum Gasteiger partial charge on any atom is 0.416 e. The van der Waals surface area contributed by atoms with E-state index in [1.165, 1.54) is 0 Å². The molecule has 0 radical (unpaired) electrons. The Labute approximate surface area is 168 Å².